The zero-order valence-electron chi connectivity index (χ0n) is 19.1. The number of amides is 2. The molecule has 1 aromatic carbocycles. The van der Waals surface area contributed by atoms with Crippen molar-refractivity contribution in [2.24, 2.45) is 5.41 Å². The van der Waals surface area contributed by atoms with Gasteiger partial charge in [0.2, 0.25) is 10.0 Å². The van der Waals surface area contributed by atoms with Crippen LogP contribution in [0.2, 0.25) is 0 Å². The van der Waals surface area contributed by atoms with Crippen LogP contribution in [-0.4, -0.2) is 58.0 Å². The van der Waals surface area contributed by atoms with E-state index in [1.165, 1.54) is 19.0 Å². The minimum Gasteiger partial charge on any atom is -0.328 e. The fraction of sp³-hybridized carbons (Fsp3) is 0.696. The van der Waals surface area contributed by atoms with E-state index < -0.39 is 10.0 Å². The number of rotatable bonds is 5. The minimum atomic E-state index is -3.50. The van der Waals surface area contributed by atoms with Crippen LogP contribution in [0, 0.1) is 5.41 Å². The number of aryl methyl sites for hydroxylation is 1. The lowest BCUT2D eigenvalue weighted by molar-refractivity contribution is 0.114. The Balaban J connectivity index is 1.87. The topological polar surface area (TPSA) is 69.7 Å². The third kappa shape index (κ3) is 4.24. The van der Waals surface area contributed by atoms with Crippen molar-refractivity contribution >= 4 is 16.1 Å². The summed E-state index contributed by atoms with van der Waals surface area (Å²) in [6.45, 7) is 9.11. The summed E-state index contributed by atoms with van der Waals surface area (Å²) >= 11 is 0. The van der Waals surface area contributed by atoms with Gasteiger partial charge in [-0.25, -0.2) is 17.9 Å². The van der Waals surface area contributed by atoms with Crippen LogP contribution in [0.3, 0.4) is 0 Å². The fourth-order valence-corrected chi connectivity index (χ4v) is 5.70. The van der Waals surface area contributed by atoms with Crippen LogP contribution in [0.4, 0.5) is 4.79 Å². The van der Waals surface area contributed by atoms with E-state index in [-0.39, 0.29) is 16.9 Å². The van der Waals surface area contributed by atoms with E-state index in [1.807, 2.05) is 29.0 Å². The molecule has 0 spiro atoms. The van der Waals surface area contributed by atoms with E-state index in [9.17, 15) is 13.2 Å². The molecule has 7 heteroatoms. The molecular formula is C23H37N3O3S. The Hall–Kier alpha value is -1.60. The monoisotopic (exact) mass is 435 g/mol. The molecule has 2 aliphatic rings. The van der Waals surface area contributed by atoms with Crippen molar-refractivity contribution in [2.75, 3.05) is 33.7 Å². The maximum absolute atomic E-state index is 12.9. The number of likely N-dealkylation sites (tertiary alicyclic amines) is 1. The number of fused-ring (bicyclic) bond motifs is 1. The molecule has 0 unspecified atom stereocenters. The molecule has 3 rings (SSSR count). The van der Waals surface area contributed by atoms with E-state index in [0.29, 0.717) is 11.4 Å². The highest BCUT2D eigenvalue weighted by atomic mass is 32.2. The lowest BCUT2D eigenvalue weighted by atomic mass is 9.55. The summed E-state index contributed by atoms with van der Waals surface area (Å²) in [4.78, 5) is 17.0. The van der Waals surface area contributed by atoms with Gasteiger partial charge >= 0.3 is 6.03 Å². The van der Waals surface area contributed by atoms with Gasteiger partial charge in [-0.15, -0.1) is 0 Å². The first-order valence-corrected chi connectivity index (χ1v) is 12.6. The molecule has 2 amide bonds. The molecule has 0 bridgehead atoms. The molecule has 1 fully saturated rings. The Morgan fingerprint density at radius 3 is 2.47 bits per heavy atom. The van der Waals surface area contributed by atoms with Crippen LogP contribution in [0.15, 0.2) is 23.1 Å². The first kappa shape index (κ1) is 23.1. The van der Waals surface area contributed by atoms with E-state index in [4.69, 9.17) is 0 Å². The number of piperidine rings is 1. The number of hydrogen-bond donors (Lipinski definition) is 1. The average molecular weight is 436 g/mol. The van der Waals surface area contributed by atoms with Crippen LogP contribution < -0.4 is 4.72 Å². The first-order valence-electron chi connectivity index (χ1n) is 11.1. The van der Waals surface area contributed by atoms with Crippen molar-refractivity contribution in [3.63, 3.8) is 0 Å². The zero-order chi connectivity index (χ0) is 22.2. The summed E-state index contributed by atoms with van der Waals surface area (Å²) in [6, 6.07) is 5.64. The molecule has 1 saturated heterocycles. The zero-order valence-corrected chi connectivity index (χ0v) is 19.9. The Labute approximate surface area is 182 Å². The lowest BCUT2D eigenvalue weighted by Gasteiger charge is -2.50. The Morgan fingerprint density at radius 1 is 1.17 bits per heavy atom. The van der Waals surface area contributed by atoms with Gasteiger partial charge in [0.1, 0.15) is 0 Å². The Morgan fingerprint density at radius 2 is 1.83 bits per heavy atom. The van der Waals surface area contributed by atoms with Crippen LogP contribution in [-0.2, 0) is 21.9 Å². The number of sulfonamides is 1. The number of urea groups is 1. The second kappa shape index (κ2) is 8.50. The molecule has 0 saturated carbocycles. The van der Waals surface area contributed by atoms with Crippen molar-refractivity contribution in [1.82, 2.24) is 14.5 Å². The summed E-state index contributed by atoms with van der Waals surface area (Å²) in [6.07, 6.45) is 6.15. The molecule has 30 heavy (non-hydrogen) atoms. The summed E-state index contributed by atoms with van der Waals surface area (Å²) in [5.74, 6) is 0. The van der Waals surface area contributed by atoms with Gasteiger partial charge in [-0.3, -0.25) is 0 Å². The first-order chi connectivity index (χ1) is 14.0. The molecule has 168 valence electrons. The highest BCUT2D eigenvalue weighted by Crippen LogP contribution is 2.52. The third-order valence-electron chi connectivity index (χ3n) is 7.67. The normalized spacial score (nSPS) is 23.7. The molecule has 1 aromatic rings. The average Bonchev–Trinajstić information content (AvgIpc) is 2.74. The summed E-state index contributed by atoms with van der Waals surface area (Å²) in [5.41, 5.74) is 2.10. The molecule has 1 heterocycles. The number of carbonyl (C=O) groups is 1. The van der Waals surface area contributed by atoms with Gasteiger partial charge in [0.15, 0.2) is 0 Å². The number of nitrogens with zero attached hydrogens (tertiary/aromatic N) is 2. The standard InChI is InChI=1S/C23H37N3O3S/c1-22(2)12-11-18-9-10-19(30(28,29)24-4)17-20(18)23(22,3)13-16-25(5)21(27)26-14-7-6-8-15-26/h9-10,17,24H,6-8,11-16H2,1-5H3/t23-/m0/s1. The van der Waals surface area contributed by atoms with Gasteiger partial charge in [-0.2, -0.15) is 0 Å². The minimum absolute atomic E-state index is 0.00294. The molecule has 1 aliphatic heterocycles. The van der Waals surface area contributed by atoms with Crippen LogP contribution in [0.25, 0.3) is 0 Å². The fourth-order valence-electron chi connectivity index (χ4n) is 4.95. The van der Waals surface area contributed by atoms with Crippen molar-refractivity contribution in [3.8, 4) is 0 Å². The van der Waals surface area contributed by atoms with E-state index >= 15 is 0 Å². The number of hydrogen-bond acceptors (Lipinski definition) is 3. The molecular weight excluding hydrogens is 398 g/mol. The largest absolute Gasteiger partial charge is 0.328 e. The maximum Gasteiger partial charge on any atom is 0.319 e. The van der Waals surface area contributed by atoms with Crippen molar-refractivity contribution in [3.05, 3.63) is 29.3 Å². The molecule has 6 nitrogen and oxygen atoms in total. The smallest absolute Gasteiger partial charge is 0.319 e. The van der Waals surface area contributed by atoms with Gasteiger partial charge in [0, 0.05) is 26.7 Å². The van der Waals surface area contributed by atoms with Gasteiger partial charge < -0.3 is 9.80 Å². The maximum atomic E-state index is 12.9. The second-order valence-electron chi connectivity index (χ2n) is 9.74. The van der Waals surface area contributed by atoms with E-state index in [1.54, 1.807) is 6.07 Å². The van der Waals surface area contributed by atoms with Crippen molar-refractivity contribution in [1.29, 1.82) is 0 Å². The quantitative estimate of drug-likeness (QED) is 0.766. The predicted molar refractivity (Wildman–Crippen MR) is 120 cm³/mol. The van der Waals surface area contributed by atoms with Gasteiger partial charge in [-0.05, 0) is 79.7 Å². The second-order valence-corrected chi connectivity index (χ2v) is 11.6. The van der Waals surface area contributed by atoms with Gasteiger partial charge in [-0.1, -0.05) is 26.8 Å². The van der Waals surface area contributed by atoms with Crippen LogP contribution >= 0.6 is 0 Å². The predicted octanol–water partition coefficient (Wildman–Crippen LogP) is 3.75. The summed E-state index contributed by atoms with van der Waals surface area (Å²) in [5, 5.41) is 0. The van der Waals surface area contributed by atoms with E-state index in [2.05, 4.69) is 25.5 Å². The number of nitrogens with one attached hydrogen (secondary N) is 1. The summed E-state index contributed by atoms with van der Waals surface area (Å²) in [7, 11) is -0.168. The third-order valence-corrected chi connectivity index (χ3v) is 9.08. The van der Waals surface area contributed by atoms with Crippen LogP contribution in [0.1, 0.15) is 64.0 Å². The molecule has 1 aliphatic carbocycles. The Bertz CT molecular complexity index is 891. The van der Waals surface area contributed by atoms with Gasteiger partial charge in [0.25, 0.3) is 0 Å². The molecule has 0 aromatic heterocycles. The van der Waals surface area contributed by atoms with E-state index in [0.717, 1.165) is 50.8 Å². The van der Waals surface area contributed by atoms with Crippen molar-refractivity contribution in [2.45, 2.75) is 69.6 Å². The number of carbonyl (C=O) groups excluding carboxylic acids is 1. The molecule has 1 N–H and O–H groups in total. The lowest BCUT2D eigenvalue weighted by Crippen LogP contribution is -2.48. The molecule has 0 radical (unpaired) electrons. The highest BCUT2D eigenvalue weighted by Gasteiger charge is 2.46. The highest BCUT2D eigenvalue weighted by molar-refractivity contribution is 7.89. The number of benzene rings is 1. The molecule has 1 atom stereocenters. The SMILES string of the molecule is CNS(=O)(=O)c1ccc2c(c1)[C@](C)(CCN(C)C(=O)N1CCCCC1)C(C)(C)CC2. The Kier molecular flexibility index (Phi) is 6.54. The summed E-state index contributed by atoms with van der Waals surface area (Å²) < 4.78 is 27.3. The van der Waals surface area contributed by atoms with Gasteiger partial charge in [0.05, 0.1) is 4.90 Å². The van der Waals surface area contributed by atoms with Crippen molar-refractivity contribution < 1.29 is 13.2 Å². The van der Waals surface area contributed by atoms with Crippen LogP contribution in [0.5, 0.6) is 0 Å².